The Balaban J connectivity index is 2.13. The van der Waals surface area contributed by atoms with E-state index in [0.717, 1.165) is 17.0 Å². The molecule has 0 aliphatic carbocycles. The maximum atomic E-state index is 5.42. The first-order valence-electron chi connectivity index (χ1n) is 5.70. The molecule has 0 N–H and O–H groups in total. The van der Waals surface area contributed by atoms with Gasteiger partial charge in [0.05, 0.1) is 12.3 Å². The van der Waals surface area contributed by atoms with Crippen LogP contribution in [0.3, 0.4) is 0 Å². The molecule has 0 spiro atoms. The lowest BCUT2D eigenvalue weighted by Gasteiger charge is -2.02. The Hall–Kier alpha value is -2.09. The number of benzene rings is 2. The van der Waals surface area contributed by atoms with Gasteiger partial charge in [-0.05, 0) is 24.6 Å². The third kappa shape index (κ3) is 3.45. The quantitative estimate of drug-likeness (QED) is 0.724. The van der Waals surface area contributed by atoms with Crippen molar-refractivity contribution >= 4 is 11.9 Å². The summed E-state index contributed by atoms with van der Waals surface area (Å²) in [5, 5.41) is 0. The van der Waals surface area contributed by atoms with Crippen LogP contribution in [0.4, 0.5) is 5.69 Å². The molecule has 0 aliphatic rings. The van der Waals surface area contributed by atoms with E-state index in [2.05, 4.69) is 4.99 Å². The molecule has 0 amide bonds. The van der Waals surface area contributed by atoms with Gasteiger partial charge in [0.1, 0.15) is 5.75 Å². The number of hydrogen-bond acceptors (Lipinski definition) is 2. The van der Waals surface area contributed by atoms with E-state index < -0.39 is 0 Å². The van der Waals surface area contributed by atoms with Gasteiger partial charge in [-0.2, -0.15) is 0 Å². The van der Waals surface area contributed by atoms with Gasteiger partial charge in [0.2, 0.25) is 0 Å². The van der Waals surface area contributed by atoms with E-state index >= 15 is 0 Å². The second-order valence-electron chi connectivity index (χ2n) is 3.60. The fraction of sp³-hybridized carbons (Fsp3) is 0.133. The second kappa shape index (κ2) is 5.85. The SMILES string of the molecule is CCOc1cccc(N=Cc2ccccc2)c1. The van der Waals surface area contributed by atoms with E-state index in [9.17, 15) is 0 Å². The Labute approximate surface area is 102 Å². The summed E-state index contributed by atoms with van der Waals surface area (Å²) in [7, 11) is 0. The molecule has 2 rings (SSSR count). The largest absolute Gasteiger partial charge is 0.494 e. The van der Waals surface area contributed by atoms with E-state index in [4.69, 9.17) is 4.74 Å². The van der Waals surface area contributed by atoms with Crippen molar-refractivity contribution in [2.45, 2.75) is 6.92 Å². The lowest BCUT2D eigenvalue weighted by Crippen LogP contribution is -1.90. The molecule has 0 heterocycles. The third-order valence-electron chi connectivity index (χ3n) is 2.29. The summed E-state index contributed by atoms with van der Waals surface area (Å²) in [4.78, 5) is 4.41. The van der Waals surface area contributed by atoms with Crippen molar-refractivity contribution in [1.82, 2.24) is 0 Å². The Morgan fingerprint density at radius 1 is 1.06 bits per heavy atom. The summed E-state index contributed by atoms with van der Waals surface area (Å²) in [6, 6.07) is 17.8. The fourth-order valence-corrected chi connectivity index (χ4v) is 1.51. The first kappa shape index (κ1) is 11.4. The maximum absolute atomic E-state index is 5.42. The van der Waals surface area contributed by atoms with Crippen LogP contribution in [-0.2, 0) is 0 Å². The van der Waals surface area contributed by atoms with E-state index in [1.807, 2.05) is 67.7 Å². The number of aliphatic imine (C=N–C) groups is 1. The normalized spacial score (nSPS) is 10.6. The molecule has 0 radical (unpaired) electrons. The molecule has 86 valence electrons. The standard InChI is InChI=1S/C15H15NO/c1-2-17-15-10-6-9-14(11-15)16-12-13-7-4-3-5-8-13/h3-12H,2H2,1H3. The highest BCUT2D eigenvalue weighted by Gasteiger charge is 1.93. The molecule has 2 nitrogen and oxygen atoms in total. The van der Waals surface area contributed by atoms with Crippen molar-refractivity contribution in [1.29, 1.82) is 0 Å². The molecule has 0 saturated carbocycles. The lowest BCUT2D eigenvalue weighted by molar-refractivity contribution is 0.340. The zero-order valence-electron chi connectivity index (χ0n) is 9.84. The first-order valence-corrected chi connectivity index (χ1v) is 5.70. The van der Waals surface area contributed by atoms with Crippen molar-refractivity contribution < 1.29 is 4.74 Å². The van der Waals surface area contributed by atoms with Crippen LogP contribution < -0.4 is 4.74 Å². The smallest absolute Gasteiger partial charge is 0.121 e. The van der Waals surface area contributed by atoms with Gasteiger partial charge in [0.15, 0.2) is 0 Å². The van der Waals surface area contributed by atoms with Crippen molar-refractivity contribution in [2.75, 3.05) is 6.61 Å². The van der Waals surface area contributed by atoms with Gasteiger partial charge in [-0.1, -0.05) is 36.4 Å². The fourth-order valence-electron chi connectivity index (χ4n) is 1.51. The highest BCUT2D eigenvalue weighted by molar-refractivity contribution is 5.81. The van der Waals surface area contributed by atoms with Crippen molar-refractivity contribution in [2.24, 2.45) is 4.99 Å². The minimum Gasteiger partial charge on any atom is -0.494 e. The molecule has 2 aromatic rings. The lowest BCUT2D eigenvalue weighted by atomic mass is 10.2. The summed E-state index contributed by atoms with van der Waals surface area (Å²) < 4.78 is 5.42. The molecule has 0 aliphatic heterocycles. The van der Waals surface area contributed by atoms with Crippen LogP contribution in [0.15, 0.2) is 59.6 Å². The van der Waals surface area contributed by atoms with Crippen molar-refractivity contribution in [3.8, 4) is 5.75 Å². The summed E-state index contributed by atoms with van der Waals surface area (Å²) in [5.41, 5.74) is 1.99. The molecular weight excluding hydrogens is 210 g/mol. The summed E-state index contributed by atoms with van der Waals surface area (Å²) in [6.07, 6.45) is 1.85. The Bertz CT molecular complexity index is 491. The summed E-state index contributed by atoms with van der Waals surface area (Å²) in [5.74, 6) is 0.857. The molecule has 0 fully saturated rings. The molecule has 2 heteroatoms. The van der Waals surface area contributed by atoms with Gasteiger partial charge < -0.3 is 4.74 Å². The minimum atomic E-state index is 0.672. The molecule has 0 saturated heterocycles. The average Bonchev–Trinajstić information content (AvgIpc) is 2.39. The topological polar surface area (TPSA) is 21.6 Å². The molecule has 0 unspecified atom stereocenters. The Kier molecular flexibility index (Phi) is 3.92. The van der Waals surface area contributed by atoms with Crippen LogP contribution >= 0.6 is 0 Å². The van der Waals surface area contributed by atoms with Crippen LogP contribution in [0.2, 0.25) is 0 Å². The van der Waals surface area contributed by atoms with Gasteiger partial charge in [0, 0.05) is 12.3 Å². The van der Waals surface area contributed by atoms with Gasteiger partial charge >= 0.3 is 0 Å². The van der Waals surface area contributed by atoms with Gasteiger partial charge in [-0.25, -0.2) is 0 Å². The van der Waals surface area contributed by atoms with Gasteiger partial charge in [0.25, 0.3) is 0 Å². The van der Waals surface area contributed by atoms with E-state index in [1.165, 1.54) is 0 Å². The average molecular weight is 225 g/mol. The maximum Gasteiger partial charge on any atom is 0.121 e. The van der Waals surface area contributed by atoms with E-state index in [0.29, 0.717) is 6.61 Å². The third-order valence-corrected chi connectivity index (χ3v) is 2.29. The molecule has 0 aromatic heterocycles. The number of ether oxygens (including phenoxy) is 1. The summed E-state index contributed by atoms with van der Waals surface area (Å²) >= 11 is 0. The molecule has 0 bridgehead atoms. The van der Waals surface area contributed by atoms with Crippen molar-refractivity contribution in [3.63, 3.8) is 0 Å². The van der Waals surface area contributed by atoms with Gasteiger partial charge in [-0.3, -0.25) is 4.99 Å². The highest BCUT2D eigenvalue weighted by atomic mass is 16.5. The predicted molar refractivity (Wildman–Crippen MR) is 71.3 cm³/mol. The first-order chi connectivity index (χ1) is 8.38. The van der Waals surface area contributed by atoms with E-state index in [-0.39, 0.29) is 0 Å². The minimum absolute atomic E-state index is 0.672. The monoisotopic (exact) mass is 225 g/mol. The molecule has 2 aromatic carbocycles. The van der Waals surface area contributed by atoms with Crippen molar-refractivity contribution in [3.05, 3.63) is 60.2 Å². The predicted octanol–water partition coefficient (Wildman–Crippen LogP) is 3.84. The number of rotatable bonds is 4. The van der Waals surface area contributed by atoms with Crippen LogP contribution in [0.5, 0.6) is 5.75 Å². The van der Waals surface area contributed by atoms with Crippen LogP contribution in [0.1, 0.15) is 12.5 Å². The highest BCUT2D eigenvalue weighted by Crippen LogP contribution is 2.19. The van der Waals surface area contributed by atoms with E-state index in [1.54, 1.807) is 0 Å². The second-order valence-corrected chi connectivity index (χ2v) is 3.60. The zero-order chi connectivity index (χ0) is 11.9. The number of nitrogens with zero attached hydrogens (tertiary/aromatic N) is 1. The Morgan fingerprint density at radius 3 is 2.65 bits per heavy atom. The summed E-state index contributed by atoms with van der Waals surface area (Å²) in [6.45, 7) is 2.64. The Morgan fingerprint density at radius 2 is 1.88 bits per heavy atom. The van der Waals surface area contributed by atoms with Crippen LogP contribution in [0, 0.1) is 0 Å². The number of hydrogen-bond donors (Lipinski definition) is 0. The van der Waals surface area contributed by atoms with Crippen LogP contribution in [0.25, 0.3) is 0 Å². The molecule has 0 atom stereocenters. The van der Waals surface area contributed by atoms with Gasteiger partial charge in [-0.15, -0.1) is 0 Å². The molecular formula is C15H15NO. The molecule has 17 heavy (non-hydrogen) atoms. The zero-order valence-corrected chi connectivity index (χ0v) is 9.84. The van der Waals surface area contributed by atoms with Crippen LogP contribution in [-0.4, -0.2) is 12.8 Å².